The lowest BCUT2D eigenvalue weighted by Crippen LogP contribution is -1.66. The summed E-state index contributed by atoms with van der Waals surface area (Å²) >= 11 is 0. The Balaban J connectivity index is -0.0000000635. The molecule has 0 aliphatic heterocycles. The van der Waals surface area contributed by atoms with Gasteiger partial charge in [-0.2, -0.15) is 0 Å². The van der Waals surface area contributed by atoms with E-state index in [0.717, 1.165) is 12.3 Å². The van der Waals surface area contributed by atoms with Crippen LogP contribution in [0.2, 0.25) is 0 Å². The fourth-order valence-electron chi connectivity index (χ4n) is 0.232. The van der Waals surface area contributed by atoms with Crippen LogP contribution in [0, 0.1) is 5.92 Å². The highest BCUT2D eigenvalue weighted by molar-refractivity contribution is 4.96. The molecule has 0 N–H and O–H groups in total. The lowest BCUT2D eigenvalue weighted by atomic mass is 10.3. The van der Waals surface area contributed by atoms with Gasteiger partial charge in [-0.1, -0.05) is 93.0 Å². The van der Waals surface area contributed by atoms with Crippen LogP contribution in [-0.4, -0.2) is 0 Å². The second kappa shape index (κ2) is 36.6. The van der Waals surface area contributed by atoms with E-state index < -0.39 is 0 Å². The number of hydrogen-bond donors (Lipinski definition) is 0. The molecule has 0 amide bonds. The molecule has 0 atom stereocenters. The largest absolute Gasteiger partial charge is 0.0991 e. The van der Waals surface area contributed by atoms with Crippen LogP contribution in [0.15, 0.2) is 24.8 Å². The van der Waals surface area contributed by atoms with E-state index in [-0.39, 0.29) is 0 Å². The number of rotatable bonds is 2. The Morgan fingerprint density at radius 2 is 1.12 bits per heavy atom. The molecule has 0 heterocycles. The van der Waals surface area contributed by atoms with Gasteiger partial charge in [0.15, 0.2) is 0 Å². The van der Waals surface area contributed by atoms with Crippen molar-refractivity contribution in [2.24, 2.45) is 5.92 Å². The van der Waals surface area contributed by atoms with E-state index in [0.29, 0.717) is 0 Å². The minimum Gasteiger partial charge on any atom is -0.0991 e. The molecule has 0 saturated carbocycles. The summed E-state index contributed by atoms with van der Waals surface area (Å²) in [6.07, 6.45) is 9.39. The first-order chi connectivity index (χ1) is 7.47. The first-order valence-electron chi connectivity index (χ1n) is 6.75. The van der Waals surface area contributed by atoms with Gasteiger partial charge in [0.1, 0.15) is 0 Å². The van der Waals surface area contributed by atoms with Gasteiger partial charge >= 0.3 is 0 Å². The Morgan fingerprint density at radius 3 is 1.19 bits per heavy atom. The second-order valence-electron chi connectivity index (χ2n) is 4.22. The number of allylic oxidation sites excluding steroid dienone is 3. The van der Waals surface area contributed by atoms with Gasteiger partial charge < -0.3 is 0 Å². The highest BCUT2D eigenvalue weighted by atomic mass is 13.7. The molecule has 0 saturated heterocycles. The monoisotopic (exact) mass is 228 g/mol. The fraction of sp³-hybridized carbons (Fsp3) is 0.750. The van der Waals surface area contributed by atoms with Crippen LogP contribution in [0.4, 0.5) is 0 Å². The average Bonchev–Trinajstić information content (AvgIpc) is 2.16. The summed E-state index contributed by atoms with van der Waals surface area (Å²) in [5, 5.41) is 0. The fourth-order valence-corrected chi connectivity index (χ4v) is 0.232. The van der Waals surface area contributed by atoms with Crippen molar-refractivity contribution in [3.8, 4) is 0 Å². The second-order valence-corrected chi connectivity index (χ2v) is 4.22. The zero-order chi connectivity index (χ0) is 13.8. The Labute approximate surface area is 106 Å². The third-order valence-corrected chi connectivity index (χ3v) is 0.508. The van der Waals surface area contributed by atoms with Gasteiger partial charge in [0.05, 0.1) is 0 Å². The Bertz CT molecular complexity index is 93.9. The Morgan fingerprint density at radius 1 is 0.875 bits per heavy atom. The average molecular weight is 228 g/mol. The highest BCUT2D eigenvalue weighted by Gasteiger charge is 1.68. The van der Waals surface area contributed by atoms with Crippen molar-refractivity contribution in [1.82, 2.24) is 0 Å². The summed E-state index contributed by atoms with van der Waals surface area (Å²) in [6, 6.07) is 0. The van der Waals surface area contributed by atoms with E-state index in [2.05, 4.69) is 68.0 Å². The molecular formula is C16H36. The molecule has 16 heavy (non-hydrogen) atoms. The molecule has 0 aliphatic rings. The zero-order valence-corrected chi connectivity index (χ0v) is 13.1. The van der Waals surface area contributed by atoms with E-state index in [1.807, 2.05) is 6.08 Å². The Kier molecular flexibility index (Phi) is 56.3. The first-order valence-corrected chi connectivity index (χ1v) is 6.75. The van der Waals surface area contributed by atoms with Crippen molar-refractivity contribution in [3.05, 3.63) is 24.8 Å². The topological polar surface area (TPSA) is 0 Å². The van der Waals surface area contributed by atoms with E-state index in [9.17, 15) is 0 Å². The van der Waals surface area contributed by atoms with Crippen molar-refractivity contribution in [2.45, 2.75) is 74.7 Å². The lowest BCUT2D eigenvalue weighted by Gasteiger charge is -1.79. The molecule has 0 bridgehead atoms. The quantitative estimate of drug-likeness (QED) is 0.465. The molecule has 0 rings (SSSR count). The summed E-state index contributed by atoms with van der Waals surface area (Å²) in [6.45, 7) is 20.6. The van der Waals surface area contributed by atoms with Gasteiger partial charge in [0.2, 0.25) is 0 Å². The van der Waals surface area contributed by atoms with Crippen molar-refractivity contribution < 1.29 is 0 Å². The van der Waals surface area contributed by atoms with Gasteiger partial charge in [-0.3, -0.25) is 0 Å². The zero-order valence-electron chi connectivity index (χ0n) is 13.1. The predicted octanol–water partition coefficient (Wildman–Crippen LogP) is 6.63. The van der Waals surface area contributed by atoms with Crippen LogP contribution in [0.5, 0.6) is 0 Å². The van der Waals surface area contributed by atoms with E-state index in [1.54, 1.807) is 6.08 Å². The third kappa shape index (κ3) is 341. The summed E-state index contributed by atoms with van der Waals surface area (Å²) in [7, 11) is 0. The van der Waals surface area contributed by atoms with Crippen LogP contribution in [0.1, 0.15) is 74.7 Å². The molecule has 100 valence electrons. The van der Waals surface area contributed by atoms with E-state index >= 15 is 0 Å². The van der Waals surface area contributed by atoms with Crippen LogP contribution < -0.4 is 0 Å². The summed E-state index contributed by atoms with van der Waals surface area (Å²) < 4.78 is 0. The molecule has 0 radical (unpaired) electrons. The minimum absolute atomic E-state index is 0.833. The van der Waals surface area contributed by atoms with Gasteiger partial charge in [0.25, 0.3) is 0 Å². The normalized spacial score (nSPS) is 8.06. The maximum atomic E-state index is 3.51. The molecule has 0 heteroatoms. The van der Waals surface area contributed by atoms with Crippen molar-refractivity contribution >= 4 is 0 Å². The van der Waals surface area contributed by atoms with Crippen LogP contribution in [0.25, 0.3) is 0 Å². The smallest absolute Gasteiger partial charge is 0.0376 e. The summed E-state index contributed by atoms with van der Waals surface area (Å²) in [4.78, 5) is 0. The molecule has 0 aromatic heterocycles. The summed E-state index contributed by atoms with van der Waals surface area (Å²) in [5.74, 6) is 0.833. The molecule has 0 nitrogen and oxygen atoms in total. The molecule has 0 fully saturated rings. The SMILES string of the molecule is C=C/C=C\CC.CC(C)C.CCC.CCC. The van der Waals surface area contributed by atoms with Crippen LogP contribution >= 0.6 is 0 Å². The highest BCUT2D eigenvalue weighted by Crippen LogP contribution is 1.81. The molecular weight excluding hydrogens is 192 g/mol. The van der Waals surface area contributed by atoms with Crippen LogP contribution in [-0.2, 0) is 0 Å². The minimum atomic E-state index is 0.833. The van der Waals surface area contributed by atoms with Crippen molar-refractivity contribution in [2.75, 3.05) is 0 Å². The van der Waals surface area contributed by atoms with E-state index in [4.69, 9.17) is 0 Å². The molecule has 0 spiro atoms. The Hall–Kier alpha value is -0.520. The molecule has 0 aliphatic carbocycles. The first kappa shape index (κ1) is 24.6. The third-order valence-electron chi connectivity index (χ3n) is 0.508. The summed E-state index contributed by atoms with van der Waals surface area (Å²) in [5.41, 5.74) is 0. The van der Waals surface area contributed by atoms with Gasteiger partial charge in [-0.05, 0) is 12.3 Å². The van der Waals surface area contributed by atoms with E-state index in [1.165, 1.54) is 12.8 Å². The van der Waals surface area contributed by atoms with Crippen LogP contribution in [0.3, 0.4) is 0 Å². The molecule has 0 aromatic rings. The molecule has 0 aromatic carbocycles. The van der Waals surface area contributed by atoms with Crippen molar-refractivity contribution in [3.63, 3.8) is 0 Å². The maximum Gasteiger partial charge on any atom is -0.0376 e. The van der Waals surface area contributed by atoms with Gasteiger partial charge in [-0.25, -0.2) is 0 Å². The predicted molar refractivity (Wildman–Crippen MR) is 82.1 cm³/mol. The number of hydrogen-bond acceptors (Lipinski definition) is 0. The van der Waals surface area contributed by atoms with Gasteiger partial charge in [0, 0.05) is 0 Å². The van der Waals surface area contributed by atoms with Gasteiger partial charge in [-0.15, -0.1) is 0 Å². The lowest BCUT2D eigenvalue weighted by molar-refractivity contribution is 0.737. The molecule has 0 unspecified atom stereocenters. The van der Waals surface area contributed by atoms with Crippen molar-refractivity contribution in [1.29, 1.82) is 0 Å². The maximum absolute atomic E-state index is 3.51. The standard InChI is InChI=1S/C6H10.C4H10.2C3H8/c1-3-5-6-4-2;1-4(2)3;2*1-3-2/h3,5-6H,1,4H2,2H3;4H,1-3H3;2*3H2,1-2H3/b6-5-;;;.